The molecule has 2 heteroatoms. The molecular weight excluding hydrogens is 392 g/mol. The van der Waals surface area contributed by atoms with E-state index >= 15 is 0 Å². The number of hydrogen-bond acceptors (Lipinski definition) is 2. The van der Waals surface area contributed by atoms with Gasteiger partial charge in [0.05, 0.1) is 12.2 Å². The van der Waals surface area contributed by atoms with Crippen LogP contribution in [0.4, 0.5) is 0 Å². The van der Waals surface area contributed by atoms with E-state index in [0.29, 0.717) is 51.5 Å². The molecule has 0 aromatic heterocycles. The average molecular weight is 439 g/mol. The molecular formula is C30H46O2. The van der Waals surface area contributed by atoms with Crippen molar-refractivity contribution in [3.8, 4) is 0 Å². The lowest BCUT2D eigenvalue weighted by Gasteiger charge is -2.62. The number of rotatable bonds is 1. The first-order chi connectivity index (χ1) is 14.9. The summed E-state index contributed by atoms with van der Waals surface area (Å²) >= 11 is 0. The van der Waals surface area contributed by atoms with Gasteiger partial charge in [-0.25, -0.2) is 0 Å². The zero-order valence-electron chi connectivity index (χ0n) is 21.7. The molecule has 5 saturated carbocycles. The number of carbonyl (C=O) groups is 1. The van der Waals surface area contributed by atoms with E-state index in [1.54, 1.807) is 0 Å². The van der Waals surface area contributed by atoms with E-state index in [0.717, 1.165) is 18.3 Å². The van der Waals surface area contributed by atoms with Crippen molar-refractivity contribution in [3.63, 3.8) is 0 Å². The van der Waals surface area contributed by atoms with Crippen molar-refractivity contribution in [2.45, 2.75) is 118 Å². The van der Waals surface area contributed by atoms with Gasteiger partial charge in [0.1, 0.15) is 5.78 Å². The first-order valence-corrected chi connectivity index (χ1v) is 13.8. The van der Waals surface area contributed by atoms with Gasteiger partial charge in [-0.15, -0.1) is 0 Å². The smallest absolute Gasteiger partial charge is 0.138 e. The van der Waals surface area contributed by atoms with Crippen LogP contribution < -0.4 is 0 Å². The molecule has 6 fully saturated rings. The molecule has 178 valence electrons. The third-order valence-corrected chi connectivity index (χ3v) is 13.0. The van der Waals surface area contributed by atoms with Crippen molar-refractivity contribution in [1.29, 1.82) is 0 Å². The number of Topliss-reactive ketones (excluding diaryl/α,β-unsaturated/α-hetero) is 1. The van der Waals surface area contributed by atoms with Gasteiger partial charge in [0.2, 0.25) is 0 Å². The van der Waals surface area contributed by atoms with Gasteiger partial charge < -0.3 is 4.74 Å². The summed E-state index contributed by atoms with van der Waals surface area (Å²) in [6, 6.07) is 0. The first-order valence-electron chi connectivity index (χ1n) is 13.8. The third-order valence-electron chi connectivity index (χ3n) is 13.0. The quantitative estimate of drug-likeness (QED) is 0.400. The number of ketones is 1. The highest BCUT2D eigenvalue weighted by Gasteiger charge is 2.83. The molecule has 0 radical (unpaired) electrons. The molecule has 0 unspecified atom stereocenters. The van der Waals surface area contributed by atoms with Gasteiger partial charge in [-0.05, 0) is 111 Å². The molecule has 6 rings (SSSR count). The van der Waals surface area contributed by atoms with Crippen molar-refractivity contribution in [2.75, 3.05) is 0 Å². The molecule has 32 heavy (non-hydrogen) atoms. The SMILES string of the molecule is CC(C)=C[C@@H]1C[C@@H](C)[C@H]2[C@H](C[C@@]3(C)[C@@H]4CC[C@H]5C(C)(C)C(=O)CC[C@@]56C[C@@]46CC[C@]23C)O1. The van der Waals surface area contributed by atoms with E-state index in [1.807, 2.05) is 0 Å². The summed E-state index contributed by atoms with van der Waals surface area (Å²) in [4.78, 5) is 12.9. The van der Waals surface area contributed by atoms with E-state index in [1.165, 1.54) is 56.9 Å². The highest BCUT2D eigenvalue weighted by molar-refractivity contribution is 5.86. The second-order valence-electron chi connectivity index (χ2n) is 14.6. The maximum absolute atomic E-state index is 12.9. The lowest BCUT2D eigenvalue weighted by molar-refractivity contribution is -0.159. The normalized spacial score (nSPS) is 57.4. The van der Waals surface area contributed by atoms with Crippen molar-refractivity contribution in [2.24, 2.45) is 50.7 Å². The van der Waals surface area contributed by atoms with Crippen LogP contribution in [-0.4, -0.2) is 18.0 Å². The largest absolute Gasteiger partial charge is 0.371 e. The maximum Gasteiger partial charge on any atom is 0.138 e. The van der Waals surface area contributed by atoms with Crippen LogP contribution in [0.25, 0.3) is 0 Å². The van der Waals surface area contributed by atoms with Crippen LogP contribution in [0, 0.1) is 50.7 Å². The van der Waals surface area contributed by atoms with Crippen LogP contribution in [0.2, 0.25) is 0 Å². The number of allylic oxidation sites excluding steroid dienone is 1. The number of hydrogen-bond donors (Lipinski definition) is 0. The molecule has 6 aliphatic rings. The van der Waals surface area contributed by atoms with E-state index < -0.39 is 0 Å². The summed E-state index contributed by atoms with van der Waals surface area (Å²) in [7, 11) is 0. The third kappa shape index (κ3) is 2.35. The van der Waals surface area contributed by atoms with Crippen LogP contribution in [0.3, 0.4) is 0 Å². The monoisotopic (exact) mass is 438 g/mol. The number of fused-ring (bicyclic) bond motifs is 4. The molecule has 1 aliphatic heterocycles. The highest BCUT2D eigenvalue weighted by atomic mass is 16.5. The van der Waals surface area contributed by atoms with Gasteiger partial charge in [-0.3, -0.25) is 4.79 Å². The van der Waals surface area contributed by atoms with Gasteiger partial charge in [0.25, 0.3) is 0 Å². The van der Waals surface area contributed by atoms with Crippen LogP contribution in [0.1, 0.15) is 106 Å². The zero-order chi connectivity index (χ0) is 22.9. The van der Waals surface area contributed by atoms with E-state index in [-0.39, 0.29) is 5.41 Å². The molecule has 10 atom stereocenters. The van der Waals surface area contributed by atoms with Crippen molar-refractivity contribution in [1.82, 2.24) is 0 Å². The van der Waals surface area contributed by atoms with Crippen LogP contribution in [-0.2, 0) is 9.53 Å². The Kier molecular flexibility index (Phi) is 4.32. The highest BCUT2D eigenvalue weighted by Crippen LogP contribution is 2.89. The molecule has 0 bridgehead atoms. The zero-order valence-corrected chi connectivity index (χ0v) is 21.7. The molecule has 0 aromatic carbocycles. The molecule has 2 nitrogen and oxygen atoms in total. The Morgan fingerprint density at radius 2 is 1.66 bits per heavy atom. The summed E-state index contributed by atoms with van der Waals surface area (Å²) < 4.78 is 6.87. The molecule has 5 aliphatic carbocycles. The van der Waals surface area contributed by atoms with E-state index in [4.69, 9.17) is 4.74 Å². The lowest BCUT2D eigenvalue weighted by Crippen LogP contribution is -2.57. The fourth-order valence-corrected chi connectivity index (χ4v) is 11.6. The standard InChI is InChI=1S/C30H46O2/c1-18(2)14-20-15-19(3)25-21(32-20)16-28(7)23-9-8-22-26(4,5)24(31)10-11-29(22)17-30(23,29)13-12-27(25,28)6/h14,19-23,25H,8-13,15-17H2,1-7H3/t19-,20-,21+,22+,23+,25+,27-,28+,29-,30+/m1/s1. The van der Waals surface area contributed by atoms with Gasteiger partial charge in [0, 0.05) is 11.8 Å². The second-order valence-corrected chi connectivity index (χ2v) is 14.6. The Hall–Kier alpha value is -0.630. The molecule has 1 heterocycles. The maximum atomic E-state index is 12.9. The van der Waals surface area contributed by atoms with Crippen molar-refractivity contribution < 1.29 is 9.53 Å². The Bertz CT molecular complexity index is 881. The van der Waals surface area contributed by atoms with Crippen LogP contribution >= 0.6 is 0 Å². The minimum absolute atomic E-state index is 0.104. The topological polar surface area (TPSA) is 26.3 Å². The summed E-state index contributed by atoms with van der Waals surface area (Å²) in [6.07, 6.45) is 14.4. The lowest BCUT2D eigenvalue weighted by atomic mass is 9.42. The Labute approximate surface area is 196 Å². The summed E-state index contributed by atoms with van der Waals surface area (Å²) in [5, 5.41) is 0. The van der Waals surface area contributed by atoms with E-state index in [9.17, 15) is 4.79 Å². The molecule has 0 amide bonds. The minimum atomic E-state index is -0.104. The molecule has 1 saturated heterocycles. The minimum Gasteiger partial charge on any atom is -0.371 e. The molecule has 0 N–H and O–H groups in total. The molecule has 2 spiro atoms. The predicted octanol–water partition coefficient (Wildman–Crippen LogP) is 7.36. The molecule has 0 aromatic rings. The predicted molar refractivity (Wildman–Crippen MR) is 129 cm³/mol. The van der Waals surface area contributed by atoms with Gasteiger partial charge in [-0.1, -0.05) is 46.3 Å². The Morgan fingerprint density at radius 3 is 2.38 bits per heavy atom. The Morgan fingerprint density at radius 1 is 0.969 bits per heavy atom. The first kappa shape index (κ1) is 21.9. The van der Waals surface area contributed by atoms with Crippen molar-refractivity contribution in [3.05, 3.63) is 11.6 Å². The summed E-state index contributed by atoms with van der Waals surface area (Å²) in [5.74, 6) is 3.45. The van der Waals surface area contributed by atoms with Crippen LogP contribution in [0.5, 0.6) is 0 Å². The number of carbonyl (C=O) groups excluding carboxylic acids is 1. The summed E-state index contributed by atoms with van der Waals surface area (Å²) in [6.45, 7) is 16.9. The van der Waals surface area contributed by atoms with E-state index in [2.05, 4.69) is 54.5 Å². The van der Waals surface area contributed by atoms with Gasteiger partial charge in [-0.2, -0.15) is 0 Å². The van der Waals surface area contributed by atoms with Gasteiger partial charge >= 0.3 is 0 Å². The van der Waals surface area contributed by atoms with Crippen LogP contribution in [0.15, 0.2) is 11.6 Å². The average Bonchev–Trinajstić information content (AvgIpc) is 3.29. The van der Waals surface area contributed by atoms with Gasteiger partial charge in [0.15, 0.2) is 0 Å². The summed E-state index contributed by atoms with van der Waals surface area (Å²) in [5.41, 5.74) is 3.07. The van der Waals surface area contributed by atoms with Crippen molar-refractivity contribution >= 4 is 5.78 Å². The fraction of sp³-hybridized carbons (Fsp3) is 0.900. The number of ether oxygens (including phenoxy) is 1. The Balaban J connectivity index is 1.36. The second kappa shape index (κ2) is 6.32. The fourth-order valence-electron chi connectivity index (χ4n) is 11.6.